The molecule has 0 spiro atoms. The van der Waals surface area contributed by atoms with E-state index >= 15 is 0 Å². The summed E-state index contributed by atoms with van der Waals surface area (Å²) >= 11 is 0. The van der Waals surface area contributed by atoms with Crippen LogP contribution in [0.4, 0.5) is 0 Å². The highest BCUT2D eigenvalue weighted by Gasteiger charge is 2.33. The first kappa shape index (κ1) is 10.1. The highest BCUT2D eigenvalue weighted by molar-refractivity contribution is 4.83. The molecule has 0 amide bonds. The molecule has 0 aromatic heterocycles. The zero-order valence-electron chi connectivity index (χ0n) is 9.14. The topological polar surface area (TPSA) is 0 Å². The summed E-state index contributed by atoms with van der Waals surface area (Å²) in [6.45, 7) is 9.49. The Morgan fingerprint density at radius 1 is 1.25 bits per heavy atom. The maximum atomic E-state index is 2.39. The third-order valence-corrected chi connectivity index (χ3v) is 3.49. The molecule has 0 heteroatoms. The van der Waals surface area contributed by atoms with Crippen LogP contribution in [-0.4, -0.2) is 0 Å². The van der Waals surface area contributed by atoms with E-state index in [1.807, 2.05) is 0 Å². The van der Waals surface area contributed by atoms with Crippen molar-refractivity contribution in [1.29, 1.82) is 0 Å². The van der Waals surface area contributed by atoms with Crippen LogP contribution >= 0.6 is 0 Å². The predicted molar refractivity (Wildman–Crippen MR) is 55.1 cm³/mol. The minimum absolute atomic E-state index is 0.905. The van der Waals surface area contributed by atoms with Gasteiger partial charge in [-0.3, -0.25) is 0 Å². The molecule has 1 saturated carbocycles. The van der Waals surface area contributed by atoms with E-state index in [1.54, 1.807) is 0 Å². The van der Waals surface area contributed by atoms with Crippen LogP contribution in [0.1, 0.15) is 53.4 Å². The fraction of sp³-hybridized carbons (Fsp3) is 1.00. The molecule has 72 valence electrons. The highest BCUT2D eigenvalue weighted by atomic mass is 14.4. The van der Waals surface area contributed by atoms with Crippen LogP contribution in [-0.2, 0) is 0 Å². The summed E-state index contributed by atoms with van der Waals surface area (Å²) in [7, 11) is 0. The molecule has 1 aliphatic rings. The summed E-state index contributed by atoms with van der Waals surface area (Å²) in [5.74, 6) is 4.02. The molecule has 1 unspecified atom stereocenters. The highest BCUT2D eigenvalue weighted by Crippen LogP contribution is 2.43. The van der Waals surface area contributed by atoms with Crippen LogP contribution in [0.5, 0.6) is 0 Å². The third-order valence-electron chi connectivity index (χ3n) is 3.49. The first-order chi connectivity index (χ1) is 5.65. The molecule has 0 saturated heterocycles. The van der Waals surface area contributed by atoms with Gasteiger partial charge in [-0.15, -0.1) is 0 Å². The Kier molecular flexibility index (Phi) is 3.61. The Morgan fingerprint density at radius 2 is 1.83 bits per heavy atom. The van der Waals surface area contributed by atoms with Crippen molar-refractivity contribution >= 4 is 0 Å². The standard InChI is InChI=1S/C12H24/c1-5-6-12(9(2)3)11-7-10(4)8-11/h9-12H,5-8H2,1-4H3. The van der Waals surface area contributed by atoms with Crippen LogP contribution in [0.15, 0.2) is 0 Å². The van der Waals surface area contributed by atoms with Gasteiger partial charge in [0, 0.05) is 0 Å². The Labute approximate surface area is 77.7 Å². The van der Waals surface area contributed by atoms with E-state index in [-0.39, 0.29) is 0 Å². The number of hydrogen-bond acceptors (Lipinski definition) is 0. The van der Waals surface area contributed by atoms with Gasteiger partial charge in [-0.25, -0.2) is 0 Å². The summed E-state index contributed by atoms with van der Waals surface area (Å²) in [6, 6.07) is 0. The lowest BCUT2D eigenvalue weighted by Gasteiger charge is -2.40. The molecule has 0 bridgehead atoms. The second-order valence-corrected chi connectivity index (χ2v) is 5.03. The van der Waals surface area contributed by atoms with Crippen LogP contribution in [0.2, 0.25) is 0 Å². The lowest BCUT2D eigenvalue weighted by Crippen LogP contribution is -2.31. The van der Waals surface area contributed by atoms with Gasteiger partial charge in [-0.2, -0.15) is 0 Å². The van der Waals surface area contributed by atoms with Gasteiger partial charge in [-0.1, -0.05) is 40.5 Å². The van der Waals surface area contributed by atoms with E-state index in [0.29, 0.717) is 0 Å². The zero-order chi connectivity index (χ0) is 9.14. The van der Waals surface area contributed by atoms with Crippen molar-refractivity contribution in [3.63, 3.8) is 0 Å². The van der Waals surface area contributed by atoms with E-state index in [4.69, 9.17) is 0 Å². The van der Waals surface area contributed by atoms with E-state index in [2.05, 4.69) is 27.7 Å². The molecular formula is C12H24. The maximum Gasteiger partial charge on any atom is -0.0363 e. The van der Waals surface area contributed by atoms with Gasteiger partial charge >= 0.3 is 0 Å². The monoisotopic (exact) mass is 168 g/mol. The smallest absolute Gasteiger partial charge is 0.0363 e. The van der Waals surface area contributed by atoms with Crippen molar-refractivity contribution in [1.82, 2.24) is 0 Å². The van der Waals surface area contributed by atoms with E-state index in [9.17, 15) is 0 Å². The van der Waals surface area contributed by atoms with Crippen molar-refractivity contribution in [3.05, 3.63) is 0 Å². The fourth-order valence-electron chi connectivity index (χ4n) is 2.76. The number of hydrogen-bond donors (Lipinski definition) is 0. The minimum atomic E-state index is 0.905. The van der Waals surface area contributed by atoms with Crippen LogP contribution in [0.25, 0.3) is 0 Å². The average molecular weight is 168 g/mol. The molecule has 0 radical (unpaired) electrons. The molecule has 1 rings (SSSR count). The lowest BCUT2D eigenvalue weighted by molar-refractivity contribution is 0.0979. The molecule has 12 heavy (non-hydrogen) atoms. The van der Waals surface area contributed by atoms with Crippen molar-refractivity contribution in [2.75, 3.05) is 0 Å². The molecule has 1 atom stereocenters. The molecular weight excluding hydrogens is 144 g/mol. The molecule has 1 fully saturated rings. The second-order valence-electron chi connectivity index (χ2n) is 5.03. The van der Waals surface area contributed by atoms with Crippen molar-refractivity contribution in [3.8, 4) is 0 Å². The van der Waals surface area contributed by atoms with Gasteiger partial charge in [0.15, 0.2) is 0 Å². The molecule has 0 nitrogen and oxygen atoms in total. The van der Waals surface area contributed by atoms with Gasteiger partial charge in [0.2, 0.25) is 0 Å². The Morgan fingerprint density at radius 3 is 2.17 bits per heavy atom. The summed E-state index contributed by atoms with van der Waals surface area (Å²) in [4.78, 5) is 0. The van der Waals surface area contributed by atoms with Crippen LogP contribution < -0.4 is 0 Å². The Balaban J connectivity index is 2.33. The summed E-state index contributed by atoms with van der Waals surface area (Å²) in [5.41, 5.74) is 0. The zero-order valence-corrected chi connectivity index (χ0v) is 9.14. The van der Waals surface area contributed by atoms with Gasteiger partial charge in [0.25, 0.3) is 0 Å². The van der Waals surface area contributed by atoms with Crippen LogP contribution in [0.3, 0.4) is 0 Å². The van der Waals surface area contributed by atoms with Crippen molar-refractivity contribution in [2.45, 2.75) is 53.4 Å². The average Bonchev–Trinajstić information content (AvgIpc) is 1.94. The molecule has 0 aromatic carbocycles. The Hall–Kier alpha value is 0. The molecule has 1 aliphatic carbocycles. The largest absolute Gasteiger partial charge is 0.0654 e. The molecule has 0 aliphatic heterocycles. The van der Waals surface area contributed by atoms with Crippen molar-refractivity contribution in [2.24, 2.45) is 23.7 Å². The van der Waals surface area contributed by atoms with Gasteiger partial charge in [0.1, 0.15) is 0 Å². The first-order valence-electron chi connectivity index (χ1n) is 5.65. The van der Waals surface area contributed by atoms with Gasteiger partial charge < -0.3 is 0 Å². The SMILES string of the molecule is CCCC(C(C)C)C1CC(C)C1. The third kappa shape index (κ3) is 2.24. The van der Waals surface area contributed by atoms with E-state index < -0.39 is 0 Å². The maximum absolute atomic E-state index is 2.39. The normalized spacial score (nSPS) is 31.8. The van der Waals surface area contributed by atoms with Crippen LogP contribution in [0, 0.1) is 23.7 Å². The molecule has 0 N–H and O–H groups in total. The second kappa shape index (κ2) is 4.30. The van der Waals surface area contributed by atoms with Crippen molar-refractivity contribution < 1.29 is 0 Å². The quantitative estimate of drug-likeness (QED) is 0.592. The summed E-state index contributed by atoms with van der Waals surface area (Å²) in [5, 5.41) is 0. The molecule has 0 aromatic rings. The fourth-order valence-corrected chi connectivity index (χ4v) is 2.76. The predicted octanol–water partition coefficient (Wildman–Crippen LogP) is 4.10. The summed E-state index contributed by atoms with van der Waals surface area (Å²) in [6.07, 6.45) is 5.83. The minimum Gasteiger partial charge on any atom is -0.0654 e. The summed E-state index contributed by atoms with van der Waals surface area (Å²) < 4.78 is 0. The van der Waals surface area contributed by atoms with E-state index in [0.717, 1.165) is 23.7 Å². The van der Waals surface area contributed by atoms with Gasteiger partial charge in [-0.05, 0) is 36.5 Å². The first-order valence-corrected chi connectivity index (χ1v) is 5.65. The van der Waals surface area contributed by atoms with E-state index in [1.165, 1.54) is 25.7 Å². The molecule has 0 heterocycles. The van der Waals surface area contributed by atoms with Gasteiger partial charge in [0.05, 0.1) is 0 Å². The lowest BCUT2D eigenvalue weighted by atomic mass is 9.65. The number of rotatable bonds is 4. The Bertz CT molecular complexity index is 120.